The molecule has 0 amide bonds. The number of rotatable bonds is 0. The molecule has 0 atom stereocenters. The van der Waals surface area contributed by atoms with E-state index in [-0.39, 0.29) is 164 Å². The van der Waals surface area contributed by atoms with Crippen LogP contribution in [0.3, 0.4) is 0 Å². The topological polar surface area (TPSA) is 25.8 Å². The maximum Gasteiger partial charge on any atom is 0 e. The van der Waals surface area contributed by atoms with E-state index in [2.05, 4.69) is 15.7 Å². The zero-order chi connectivity index (χ0) is 4.41. The van der Waals surface area contributed by atoms with E-state index >= 15 is 0 Å². The molecule has 1 aromatic heterocycles. The van der Waals surface area contributed by atoms with E-state index in [0.717, 1.165) is 5.01 Å². The molecule has 47 valence electrons. The second-order valence-electron chi connectivity index (χ2n) is 0.912. The van der Waals surface area contributed by atoms with Gasteiger partial charge in [0.1, 0.15) is 0 Å². The Hall–Kier alpha value is 5.08. The summed E-state index contributed by atoms with van der Waals surface area (Å²) >= 11 is 1.43. The first-order valence-electron chi connectivity index (χ1n) is 1.56. The van der Waals surface area contributed by atoms with Crippen molar-refractivity contribution in [3.05, 3.63) is 10.5 Å². The summed E-state index contributed by atoms with van der Waals surface area (Å²) in [6.07, 6.45) is 0. The molecule has 0 aliphatic carbocycles. The molecule has 0 saturated heterocycles. The Labute approximate surface area is 197 Å². The Kier molecular flexibility index (Phi) is 55.5. The molecular weight excluding hydrogens is 541 g/mol. The molecule has 0 N–H and O–H groups in total. The summed E-state index contributed by atoms with van der Waals surface area (Å²) < 4.78 is 0. The third-order valence-electron chi connectivity index (χ3n) is 0.425. The minimum Gasteiger partial charge on any atom is -0.316 e. The molecule has 1 heterocycles. The van der Waals surface area contributed by atoms with Gasteiger partial charge in [0, 0.05) is 164 Å². The molecule has 0 spiro atoms. The molecule has 11 heavy (non-hydrogen) atoms. The zero-order valence-corrected chi connectivity index (χ0v) is 21.2. The normalized spacial score (nSPS) is 4.82. The number of hydrogen-bond acceptors (Lipinski definition) is 3. The molecule has 2 nitrogen and oxygen atoms in total. The number of aryl methyl sites for hydroxylation is 1. The van der Waals surface area contributed by atoms with Crippen LogP contribution in [0.4, 0.5) is 0 Å². The number of nitrogens with zero attached hydrogens (tertiary/aromatic N) is 2. The van der Waals surface area contributed by atoms with E-state index in [0.29, 0.717) is 0 Å². The van der Waals surface area contributed by atoms with Crippen molar-refractivity contribution < 1.29 is 164 Å². The van der Waals surface area contributed by atoms with Gasteiger partial charge in [-0.1, -0.05) is 12.4 Å². The molecule has 8 heteroatoms. The summed E-state index contributed by atoms with van der Waals surface area (Å²) in [5.41, 5.74) is 2.61. The fraction of sp³-hybridized carbons (Fsp3) is 0.333. The molecule has 0 bridgehead atoms. The van der Waals surface area contributed by atoms with Gasteiger partial charge in [-0.2, -0.15) is 0 Å². The minimum absolute atomic E-state index is 0. The molecule has 1 rings (SSSR count). The summed E-state index contributed by atoms with van der Waals surface area (Å²) in [4.78, 5) is 0. The Morgan fingerprint density at radius 2 is 1.55 bits per heavy atom. The van der Waals surface area contributed by atoms with Gasteiger partial charge in [0.2, 0.25) is 0 Å². The van der Waals surface area contributed by atoms with Gasteiger partial charge < -0.3 is 11.3 Å². The van der Waals surface area contributed by atoms with Crippen LogP contribution < -0.4 is 0 Å². The van der Waals surface area contributed by atoms with Crippen molar-refractivity contribution in [3.63, 3.8) is 0 Å². The van der Waals surface area contributed by atoms with E-state index < -0.39 is 0 Å². The van der Waals surface area contributed by atoms with Crippen molar-refractivity contribution >= 4 is 11.3 Å². The Morgan fingerprint density at radius 1 is 1.09 bits per heavy atom. The molecule has 0 aliphatic heterocycles. The largest absolute Gasteiger partial charge is 0.316 e. The van der Waals surface area contributed by atoms with E-state index in [1.807, 2.05) is 6.92 Å². The van der Waals surface area contributed by atoms with Crippen molar-refractivity contribution in [3.8, 4) is 0 Å². The quantitative estimate of drug-likeness (QED) is 0.449. The average molecular weight is 544 g/mol. The summed E-state index contributed by atoms with van der Waals surface area (Å²) in [6.45, 7) is 1.90. The van der Waals surface area contributed by atoms with Crippen molar-refractivity contribution in [2.45, 2.75) is 6.92 Å². The van der Waals surface area contributed by atoms with Crippen LogP contribution in [0.5, 0.6) is 0 Å². The van der Waals surface area contributed by atoms with Gasteiger partial charge in [0.15, 0.2) is 0 Å². The number of hydrogen-bond donors (Lipinski definition) is 0. The monoisotopic (exact) mass is 544 g/mol. The van der Waals surface area contributed by atoms with Crippen LogP contribution in [0.1, 0.15) is 5.01 Å². The predicted octanol–water partition coefficient (Wildman–Crippen LogP) is 0.634. The summed E-state index contributed by atoms with van der Waals surface area (Å²) in [5, 5.41) is 8.06. The van der Waals surface area contributed by atoms with E-state index in [9.17, 15) is 0 Å². The molecule has 0 saturated carbocycles. The summed E-state index contributed by atoms with van der Waals surface area (Å²) in [5.74, 6) is 0. The fourth-order valence-electron chi connectivity index (χ4n) is 0.198. The van der Waals surface area contributed by atoms with Crippen LogP contribution in [0.2, 0.25) is 0 Å². The minimum atomic E-state index is 0. The van der Waals surface area contributed by atoms with Crippen LogP contribution >= 0.6 is 11.3 Å². The van der Waals surface area contributed by atoms with Crippen molar-refractivity contribution in [2.75, 3.05) is 0 Å². The van der Waals surface area contributed by atoms with Crippen molar-refractivity contribution in [1.29, 1.82) is 0 Å². The van der Waals surface area contributed by atoms with Crippen LogP contribution in [0.25, 0.3) is 0 Å². The average Bonchev–Trinajstić information content (AvgIpc) is 1.86. The standard InChI is InChI=1S/C3H3N2S.5Y/c1-3-5-4-2-6-3;;;;;/h1H3;;;;;/q-1;;;;;. The third kappa shape index (κ3) is 17.7. The molecule has 0 aliphatic rings. The van der Waals surface area contributed by atoms with Crippen LogP contribution in [-0.4, -0.2) is 10.2 Å². The third-order valence-corrected chi connectivity index (χ3v) is 0.975. The van der Waals surface area contributed by atoms with Gasteiger partial charge >= 0.3 is 0 Å². The van der Waals surface area contributed by atoms with Gasteiger partial charge in [-0.25, -0.2) is 0 Å². The Morgan fingerprint density at radius 3 is 1.64 bits per heavy atom. The van der Waals surface area contributed by atoms with Crippen molar-refractivity contribution in [1.82, 2.24) is 10.2 Å². The predicted molar refractivity (Wildman–Crippen MR) is 23.5 cm³/mol. The molecule has 5 radical (unpaired) electrons. The second-order valence-corrected chi connectivity index (χ2v) is 1.89. The summed E-state index contributed by atoms with van der Waals surface area (Å²) in [6, 6.07) is 0. The van der Waals surface area contributed by atoms with Gasteiger partial charge in [-0.15, -0.1) is 0 Å². The van der Waals surface area contributed by atoms with Gasteiger partial charge in [-0.05, 0) is 5.01 Å². The first kappa shape index (κ1) is 29.8. The van der Waals surface area contributed by atoms with Crippen molar-refractivity contribution in [2.24, 2.45) is 0 Å². The SMILES string of the molecule is Cc1nn[c-]s1.[Y].[Y].[Y].[Y].[Y]. The zero-order valence-electron chi connectivity index (χ0n) is 6.19. The molecule has 0 aromatic carbocycles. The summed E-state index contributed by atoms with van der Waals surface area (Å²) in [7, 11) is 0. The number of aromatic nitrogens is 2. The maximum absolute atomic E-state index is 3.63. The van der Waals surface area contributed by atoms with Crippen LogP contribution in [0.15, 0.2) is 0 Å². The maximum atomic E-state index is 3.63. The first-order chi connectivity index (χ1) is 2.89. The molecule has 1 aromatic rings. The second kappa shape index (κ2) is 20.5. The smallest absolute Gasteiger partial charge is 0 e. The van der Waals surface area contributed by atoms with Crippen LogP contribution in [0, 0.1) is 12.4 Å². The Balaban J connectivity index is -0.0000000240. The van der Waals surface area contributed by atoms with Crippen LogP contribution in [-0.2, 0) is 164 Å². The fourth-order valence-corrected chi connectivity index (χ4v) is 0.493. The van der Waals surface area contributed by atoms with E-state index in [1.54, 1.807) is 0 Å². The molecule has 0 fully saturated rings. The molecular formula is C3H3N2SY5-. The van der Waals surface area contributed by atoms with E-state index in [4.69, 9.17) is 0 Å². The molecule has 0 unspecified atom stereocenters. The van der Waals surface area contributed by atoms with Gasteiger partial charge in [-0.3, -0.25) is 10.2 Å². The van der Waals surface area contributed by atoms with Gasteiger partial charge in [0.25, 0.3) is 0 Å². The first-order valence-corrected chi connectivity index (χ1v) is 2.37. The van der Waals surface area contributed by atoms with Gasteiger partial charge in [0.05, 0.1) is 0 Å². The Bertz CT molecular complexity index is 123. The van der Waals surface area contributed by atoms with E-state index in [1.165, 1.54) is 11.3 Å².